The molecule has 11 nitrogen and oxygen atoms in total. The van der Waals surface area contributed by atoms with Gasteiger partial charge in [-0.2, -0.15) is 10.1 Å². The van der Waals surface area contributed by atoms with E-state index >= 15 is 0 Å². The number of hydrogen-bond donors (Lipinski definition) is 0. The van der Waals surface area contributed by atoms with Crippen molar-refractivity contribution in [1.82, 2.24) is 20.0 Å². The fraction of sp³-hybridized carbons (Fsp3) is 0.421. The maximum absolute atomic E-state index is 12.5. The molecule has 0 radical (unpaired) electrons. The third-order valence-corrected chi connectivity index (χ3v) is 5.06. The summed E-state index contributed by atoms with van der Waals surface area (Å²) in [4.78, 5) is 30.8. The first kappa shape index (κ1) is 18.6. The molecule has 0 saturated carbocycles. The van der Waals surface area contributed by atoms with Gasteiger partial charge in [0.05, 0.1) is 13.2 Å². The molecule has 0 bridgehead atoms. The quantitative estimate of drug-likeness (QED) is 0.717. The summed E-state index contributed by atoms with van der Waals surface area (Å²) >= 11 is 0. The summed E-state index contributed by atoms with van der Waals surface area (Å²) in [5, 5.41) is 9.50. The molecule has 3 aliphatic heterocycles. The van der Waals surface area contributed by atoms with Gasteiger partial charge in [-0.05, 0) is 18.2 Å². The number of ether oxygens (including phenoxy) is 3. The Balaban J connectivity index is 1.33. The van der Waals surface area contributed by atoms with Crippen LogP contribution in [-0.4, -0.2) is 77.2 Å². The van der Waals surface area contributed by atoms with E-state index in [9.17, 15) is 9.59 Å². The number of nitrogens with zero attached hydrogens (tertiary/aromatic N) is 5. The van der Waals surface area contributed by atoms with Crippen LogP contribution < -0.4 is 9.47 Å². The molecule has 11 heteroatoms. The monoisotopic (exact) mass is 413 g/mol. The van der Waals surface area contributed by atoms with Crippen LogP contribution >= 0.6 is 0 Å². The van der Waals surface area contributed by atoms with E-state index in [0.29, 0.717) is 61.3 Å². The fourth-order valence-electron chi connectivity index (χ4n) is 3.41. The zero-order valence-electron chi connectivity index (χ0n) is 16.1. The van der Waals surface area contributed by atoms with E-state index in [2.05, 4.69) is 15.2 Å². The SMILES string of the molecule is O=C(CN1N=C(c2nc(-c3ccc4c(c3)OCO4)no2)CCC1=O)N1CCOCC1. The zero-order chi connectivity index (χ0) is 20.5. The maximum atomic E-state index is 12.5. The number of carbonyl (C=O) groups excluding carboxylic acids is 2. The van der Waals surface area contributed by atoms with Gasteiger partial charge in [0, 0.05) is 31.5 Å². The lowest BCUT2D eigenvalue weighted by Gasteiger charge is -2.29. The molecule has 1 saturated heterocycles. The maximum Gasteiger partial charge on any atom is 0.274 e. The molecule has 5 rings (SSSR count). The predicted octanol–water partition coefficient (Wildman–Crippen LogP) is 0.651. The minimum Gasteiger partial charge on any atom is -0.454 e. The van der Waals surface area contributed by atoms with Gasteiger partial charge < -0.3 is 23.6 Å². The van der Waals surface area contributed by atoms with Crippen molar-refractivity contribution < 1.29 is 28.3 Å². The van der Waals surface area contributed by atoms with Crippen molar-refractivity contribution >= 4 is 17.5 Å². The molecule has 1 aromatic carbocycles. The van der Waals surface area contributed by atoms with Gasteiger partial charge in [0.15, 0.2) is 11.5 Å². The highest BCUT2D eigenvalue weighted by molar-refractivity contribution is 6.01. The second-order valence-corrected chi connectivity index (χ2v) is 6.98. The lowest BCUT2D eigenvalue weighted by molar-refractivity contribution is -0.143. The van der Waals surface area contributed by atoms with Gasteiger partial charge in [-0.1, -0.05) is 5.16 Å². The summed E-state index contributed by atoms with van der Waals surface area (Å²) in [6.45, 7) is 2.09. The minimum absolute atomic E-state index is 0.120. The molecular weight excluding hydrogens is 394 g/mol. The predicted molar refractivity (Wildman–Crippen MR) is 101 cm³/mol. The van der Waals surface area contributed by atoms with Crippen LogP contribution in [0.25, 0.3) is 11.4 Å². The van der Waals surface area contributed by atoms with Gasteiger partial charge >= 0.3 is 0 Å². The molecule has 1 fully saturated rings. The van der Waals surface area contributed by atoms with Gasteiger partial charge in [0.2, 0.25) is 24.4 Å². The normalized spacial score (nSPS) is 18.5. The molecule has 0 atom stereocenters. The Bertz CT molecular complexity index is 1010. The van der Waals surface area contributed by atoms with Gasteiger partial charge in [0.1, 0.15) is 12.3 Å². The average Bonchev–Trinajstić information content (AvgIpc) is 3.45. The molecule has 3 aliphatic rings. The molecule has 0 N–H and O–H groups in total. The van der Waals surface area contributed by atoms with Crippen molar-refractivity contribution in [3.8, 4) is 22.9 Å². The van der Waals surface area contributed by atoms with Crippen LogP contribution in [0.15, 0.2) is 27.8 Å². The first-order chi connectivity index (χ1) is 14.7. The summed E-state index contributed by atoms with van der Waals surface area (Å²) in [6.07, 6.45) is 0.584. The second-order valence-electron chi connectivity index (χ2n) is 6.98. The summed E-state index contributed by atoms with van der Waals surface area (Å²) in [7, 11) is 0. The molecule has 0 spiro atoms. The third kappa shape index (κ3) is 3.59. The Kier molecular flexibility index (Phi) is 4.79. The fourth-order valence-corrected chi connectivity index (χ4v) is 3.41. The van der Waals surface area contributed by atoms with Crippen LogP contribution in [0.5, 0.6) is 11.5 Å². The molecule has 0 unspecified atom stereocenters. The van der Waals surface area contributed by atoms with Crippen molar-refractivity contribution in [2.24, 2.45) is 5.10 Å². The first-order valence-corrected chi connectivity index (χ1v) is 9.65. The highest BCUT2D eigenvalue weighted by atomic mass is 16.7. The number of aromatic nitrogens is 2. The van der Waals surface area contributed by atoms with Crippen molar-refractivity contribution in [2.45, 2.75) is 12.8 Å². The molecule has 4 heterocycles. The van der Waals surface area contributed by atoms with Gasteiger partial charge in [-0.3, -0.25) is 9.59 Å². The number of hydrogen-bond acceptors (Lipinski definition) is 9. The summed E-state index contributed by atoms with van der Waals surface area (Å²) in [6, 6.07) is 5.36. The smallest absolute Gasteiger partial charge is 0.274 e. The number of fused-ring (bicyclic) bond motifs is 1. The molecule has 2 amide bonds. The molecule has 156 valence electrons. The third-order valence-electron chi connectivity index (χ3n) is 5.06. The molecular formula is C19H19N5O6. The van der Waals surface area contributed by atoms with E-state index in [4.69, 9.17) is 18.7 Å². The van der Waals surface area contributed by atoms with Crippen molar-refractivity contribution in [3.05, 3.63) is 24.1 Å². The van der Waals surface area contributed by atoms with Crippen molar-refractivity contribution in [2.75, 3.05) is 39.6 Å². The second kappa shape index (κ2) is 7.75. The summed E-state index contributed by atoms with van der Waals surface area (Å²) in [5.41, 5.74) is 1.19. The van der Waals surface area contributed by atoms with Crippen LogP contribution in [0, 0.1) is 0 Å². The topological polar surface area (TPSA) is 120 Å². The van der Waals surface area contributed by atoms with Crippen LogP contribution in [0.2, 0.25) is 0 Å². The largest absolute Gasteiger partial charge is 0.454 e. The Morgan fingerprint density at radius 2 is 1.93 bits per heavy atom. The van der Waals surface area contributed by atoms with E-state index in [1.54, 1.807) is 17.0 Å². The standard InChI is InChI=1S/C19H19N5O6/c25-16-4-2-13(21-24(16)10-17(26)23-5-7-27-8-6-23)19-20-18(22-30-19)12-1-3-14-15(9-12)29-11-28-14/h1,3,9H,2,4-8,10-11H2. The van der Waals surface area contributed by atoms with Crippen LogP contribution in [0.3, 0.4) is 0 Å². The number of carbonyl (C=O) groups is 2. The van der Waals surface area contributed by atoms with Crippen molar-refractivity contribution in [1.29, 1.82) is 0 Å². The van der Waals surface area contributed by atoms with Crippen LogP contribution in [0.4, 0.5) is 0 Å². The van der Waals surface area contributed by atoms with Gasteiger partial charge in [-0.15, -0.1) is 0 Å². The van der Waals surface area contributed by atoms with E-state index in [-0.39, 0.29) is 37.5 Å². The van der Waals surface area contributed by atoms with E-state index in [0.717, 1.165) is 0 Å². The Morgan fingerprint density at radius 3 is 2.80 bits per heavy atom. The summed E-state index contributed by atoms with van der Waals surface area (Å²) in [5.74, 6) is 1.50. The number of benzene rings is 1. The van der Waals surface area contributed by atoms with E-state index < -0.39 is 0 Å². The molecule has 2 aromatic rings. The van der Waals surface area contributed by atoms with Crippen LogP contribution in [-0.2, 0) is 14.3 Å². The Hall–Kier alpha value is -3.47. The minimum atomic E-state index is -0.212. The van der Waals surface area contributed by atoms with Gasteiger partial charge in [0.25, 0.3) is 5.89 Å². The van der Waals surface area contributed by atoms with E-state index in [1.165, 1.54) is 5.01 Å². The zero-order valence-corrected chi connectivity index (χ0v) is 16.1. The number of morpholine rings is 1. The van der Waals surface area contributed by atoms with Crippen molar-refractivity contribution in [3.63, 3.8) is 0 Å². The average molecular weight is 413 g/mol. The molecule has 30 heavy (non-hydrogen) atoms. The highest BCUT2D eigenvalue weighted by Crippen LogP contribution is 2.35. The number of hydrazone groups is 1. The Morgan fingerprint density at radius 1 is 1.10 bits per heavy atom. The summed E-state index contributed by atoms with van der Waals surface area (Å²) < 4.78 is 21.3. The van der Waals surface area contributed by atoms with E-state index in [1.807, 2.05) is 6.07 Å². The first-order valence-electron chi connectivity index (χ1n) is 9.65. The highest BCUT2D eigenvalue weighted by Gasteiger charge is 2.28. The number of amides is 2. The lowest BCUT2D eigenvalue weighted by atomic mass is 10.1. The molecule has 0 aliphatic carbocycles. The van der Waals surface area contributed by atoms with Gasteiger partial charge in [-0.25, -0.2) is 5.01 Å². The van der Waals surface area contributed by atoms with Crippen LogP contribution in [0.1, 0.15) is 18.7 Å². The number of rotatable bonds is 4. The Labute approximate surface area is 171 Å². The molecule has 1 aromatic heterocycles. The lowest BCUT2D eigenvalue weighted by Crippen LogP contribution is -2.46.